The second kappa shape index (κ2) is 16.5. The van der Waals surface area contributed by atoms with Crippen molar-refractivity contribution < 1.29 is 52.1 Å². The second-order valence-electron chi connectivity index (χ2n) is 14.9. The topological polar surface area (TPSA) is 102 Å². The van der Waals surface area contributed by atoms with E-state index in [1.54, 1.807) is 28.1 Å². The highest BCUT2D eigenvalue weighted by Gasteiger charge is 2.64. The minimum atomic E-state index is -1.30. The Morgan fingerprint density at radius 3 is 1.79 bits per heavy atom. The maximum absolute atomic E-state index is 7.06. The second-order valence-corrected chi connectivity index (χ2v) is 14.9. The van der Waals surface area contributed by atoms with Crippen LogP contribution in [0.4, 0.5) is 0 Å². The van der Waals surface area contributed by atoms with Gasteiger partial charge < -0.3 is 52.1 Å². The van der Waals surface area contributed by atoms with Gasteiger partial charge in [-0.05, 0) is 63.6 Å². The summed E-state index contributed by atoms with van der Waals surface area (Å²) < 4.78 is 71.7. The number of methoxy groups -OCH3 is 2. The summed E-state index contributed by atoms with van der Waals surface area (Å²) >= 11 is 0. The maximum atomic E-state index is 7.06. The number of hydrogen-bond acceptors (Lipinski definition) is 11. The van der Waals surface area contributed by atoms with E-state index in [2.05, 4.69) is 24.3 Å². The summed E-state index contributed by atoms with van der Waals surface area (Å²) in [6.07, 6.45) is -3.11. The Hall–Kier alpha value is -2.78. The number of aryl methyl sites for hydroxylation is 1. The van der Waals surface area contributed by atoms with Crippen molar-refractivity contribution in [3.05, 3.63) is 108 Å². The summed E-state index contributed by atoms with van der Waals surface area (Å²) in [5.74, 6) is -3.42. The van der Waals surface area contributed by atoms with Gasteiger partial charge >= 0.3 is 0 Å². The molecule has 0 amide bonds. The Morgan fingerprint density at radius 2 is 1.17 bits per heavy atom. The highest BCUT2D eigenvalue weighted by Crippen LogP contribution is 2.46. The van der Waals surface area contributed by atoms with Crippen LogP contribution in [-0.4, -0.2) is 93.5 Å². The molecule has 3 aromatic carbocycles. The molecule has 0 bridgehead atoms. The molecule has 0 aromatic heterocycles. The van der Waals surface area contributed by atoms with Gasteiger partial charge in [-0.3, -0.25) is 0 Å². The largest absolute Gasteiger partial charge is 0.374 e. The lowest BCUT2D eigenvalue weighted by Crippen LogP contribution is -2.73. The molecule has 0 spiro atoms. The lowest BCUT2D eigenvalue weighted by atomic mass is 9.93. The monoisotopic (exact) mass is 734 g/mol. The van der Waals surface area contributed by atoms with Crippen LogP contribution in [0.25, 0.3) is 0 Å². The fourth-order valence-electron chi connectivity index (χ4n) is 7.66. The molecule has 11 heteroatoms. The van der Waals surface area contributed by atoms with Gasteiger partial charge in [0.2, 0.25) is 11.6 Å². The van der Waals surface area contributed by atoms with Gasteiger partial charge in [0.1, 0.15) is 36.6 Å². The lowest BCUT2D eigenvalue weighted by Gasteiger charge is -2.57. The zero-order valence-corrected chi connectivity index (χ0v) is 31.6. The molecular weight excluding hydrogens is 680 g/mol. The summed E-state index contributed by atoms with van der Waals surface area (Å²) in [5, 5.41) is 0. The molecule has 288 valence electrons. The van der Waals surface area contributed by atoms with Gasteiger partial charge in [-0.1, -0.05) is 91.0 Å². The first-order valence-corrected chi connectivity index (χ1v) is 18.7. The minimum absolute atomic E-state index is 0.189. The summed E-state index contributed by atoms with van der Waals surface area (Å²) in [5.41, 5.74) is 3.30. The van der Waals surface area contributed by atoms with Crippen molar-refractivity contribution in [2.24, 2.45) is 0 Å². The molecule has 0 aliphatic carbocycles. The number of ether oxygens (including phenoxy) is 11. The van der Waals surface area contributed by atoms with Crippen LogP contribution >= 0.6 is 0 Å². The van der Waals surface area contributed by atoms with Crippen LogP contribution in [0.15, 0.2) is 91.0 Å². The first kappa shape index (κ1) is 38.5. The first-order valence-electron chi connectivity index (χ1n) is 18.7. The quantitative estimate of drug-likeness (QED) is 0.176. The van der Waals surface area contributed by atoms with Crippen LogP contribution in [-0.2, 0) is 71.7 Å². The van der Waals surface area contributed by atoms with Gasteiger partial charge in [-0.15, -0.1) is 0 Å². The Kier molecular flexibility index (Phi) is 12.0. The predicted molar refractivity (Wildman–Crippen MR) is 193 cm³/mol. The molecule has 4 aliphatic rings. The zero-order valence-electron chi connectivity index (χ0n) is 31.6. The van der Waals surface area contributed by atoms with E-state index in [1.807, 2.05) is 80.6 Å². The number of benzene rings is 3. The summed E-state index contributed by atoms with van der Waals surface area (Å²) in [6, 6.07) is 30.4. The Bertz CT molecular complexity index is 1580. The van der Waals surface area contributed by atoms with E-state index in [4.69, 9.17) is 52.1 Å². The molecule has 0 N–H and O–H groups in total. The standard InChI is InChI=1S/C42H54O11/c1-40(2)50-37-33(31(47-39(37)53-40)24-16-23-28-17-10-7-11-18-28)49-38-36(46-26-30-21-14-9-15-22-30)35-34(51-41(3,43-5)42(4,44-6)52-35)32(48-38)27-45-25-29-19-12-8-13-20-29/h7-15,17-22,31-39H,16,23-27H2,1-6H3/t31-,32-,33-,34-,35+,36-,37-,38-,39-,41+,42+/m1/s1. The molecule has 3 aromatic rings. The molecule has 0 saturated carbocycles. The van der Waals surface area contributed by atoms with Crippen molar-refractivity contribution >= 4 is 0 Å². The lowest BCUT2D eigenvalue weighted by molar-refractivity contribution is -0.483. The van der Waals surface area contributed by atoms with Gasteiger partial charge in [0.05, 0.1) is 25.9 Å². The van der Waals surface area contributed by atoms with Crippen molar-refractivity contribution in [3.63, 3.8) is 0 Å². The van der Waals surface area contributed by atoms with E-state index in [1.165, 1.54) is 5.56 Å². The van der Waals surface area contributed by atoms with E-state index in [-0.39, 0.29) is 19.3 Å². The SMILES string of the molecule is CO[C@@]1(C)O[C@@H]2[C@@H](OCc3ccccc3)[C@@H](O[C@H]3[C@H]4OC(C)(C)O[C@H]4O[C@@H]3CCCc3ccccc3)O[C@H](COCc3ccccc3)[C@H]2O[C@]1(C)OC. The van der Waals surface area contributed by atoms with Crippen LogP contribution in [0, 0.1) is 0 Å². The highest BCUT2D eigenvalue weighted by atomic mass is 16.9. The highest BCUT2D eigenvalue weighted by molar-refractivity contribution is 5.16. The maximum Gasteiger partial charge on any atom is 0.220 e. The van der Waals surface area contributed by atoms with Crippen molar-refractivity contribution in [2.75, 3.05) is 20.8 Å². The Morgan fingerprint density at radius 1 is 0.585 bits per heavy atom. The number of hydrogen-bond donors (Lipinski definition) is 0. The molecule has 7 rings (SSSR count). The fraction of sp³-hybridized carbons (Fsp3) is 0.571. The van der Waals surface area contributed by atoms with Crippen LogP contribution in [0.5, 0.6) is 0 Å². The van der Waals surface area contributed by atoms with Gasteiger partial charge in [-0.2, -0.15) is 0 Å². The molecule has 53 heavy (non-hydrogen) atoms. The summed E-state index contributed by atoms with van der Waals surface area (Å²) in [4.78, 5) is 0. The van der Waals surface area contributed by atoms with Crippen LogP contribution < -0.4 is 0 Å². The van der Waals surface area contributed by atoms with Crippen molar-refractivity contribution in [2.45, 2.75) is 133 Å². The number of fused-ring (bicyclic) bond motifs is 2. The normalized spacial score (nSPS) is 36.2. The molecule has 4 heterocycles. The molecule has 0 unspecified atom stereocenters. The van der Waals surface area contributed by atoms with Crippen molar-refractivity contribution in [1.29, 1.82) is 0 Å². The molecule has 4 saturated heterocycles. The van der Waals surface area contributed by atoms with Gasteiger partial charge in [0.25, 0.3) is 0 Å². The molecule has 4 aliphatic heterocycles. The Labute approximate surface area is 313 Å². The minimum Gasteiger partial charge on any atom is -0.374 e. The average Bonchev–Trinajstić information content (AvgIpc) is 3.64. The molecule has 11 atom stereocenters. The third-order valence-corrected chi connectivity index (χ3v) is 10.8. The summed E-state index contributed by atoms with van der Waals surface area (Å²) in [6.45, 7) is 8.23. The van der Waals surface area contributed by atoms with E-state index < -0.39 is 66.6 Å². The first-order chi connectivity index (χ1) is 25.6. The zero-order chi connectivity index (χ0) is 37.1. The van der Waals surface area contributed by atoms with Crippen LogP contribution in [0.1, 0.15) is 57.2 Å². The van der Waals surface area contributed by atoms with E-state index in [0.29, 0.717) is 6.61 Å². The average molecular weight is 735 g/mol. The predicted octanol–water partition coefficient (Wildman–Crippen LogP) is 6.31. The fourth-order valence-corrected chi connectivity index (χ4v) is 7.66. The van der Waals surface area contributed by atoms with Crippen LogP contribution in [0.3, 0.4) is 0 Å². The van der Waals surface area contributed by atoms with Crippen LogP contribution in [0.2, 0.25) is 0 Å². The smallest absolute Gasteiger partial charge is 0.220 e. The molecule has 11 nitrogen and oxygen atoms in total. The molecular formula is C42H54O11. The summed E-state index contributed by atoms with van der Waals surface area (Å²) in [7, 11) is 3.14. The molecule has 0 radical (unpaired) electrons. The van der Waals surface area contributed by atoms with Gasteiger partial charge in [0.15, 0.2) is 18.4 Å². The van der Waals surface area contributed by atoms with Crippen molar-refractivity contribution in [1.82, 2.24) is 0 Å². The Balaban J connectivity index is 1.18. The number of rotatable bonds is 15. The van der Waals surface area contributed by atoms with Gasteiger partial charge in [-0.25, -0.2) is 0 Å². The van der Waals surface area contributed by atoms with E-state index >= 15 is 0 Å². The third kappa shape index (κ3) is 8.56. The van der Waals surface area contributed by atoms with E-state index in [0.717, 1.165) is 30.4 Å². The molecule has 4 fully saturated rings. The van der Waals surface area contributed by atoms with Crippen molar-refractivity contribution in [3.8, 4) is 0 Å². The van der Waals surface area contributed by atoms with E-state index in [9.17, 15) is 0 Å². The third-order valence-electron chi connectivity index (χ3n) is 10.8. The van der Waals surface area contributed by atoms with Gasteiger partial charge in [0, 0.05) is 14.2 Å².